The number of nitrogens with zero attached hydrogens (tertiary/aromatic N) is 1. The third kappa shape index (κ3) is 7.57. The average Bonchev–Trinajstić information content (AvgIpc) is 2.49. The molecule has 0 saturated carbocycles. The fourth-order valence-corrected chi connectivity index (χ4v) is 1.66. The van der Waals surface area contributed by atoms with E-state index in [-0.39, 0.29) is 24.9 Å². The van der Waals surface area contributed by atoms with Crippen LogP contribution in [-0.4, -0.2) is 47.6 Å². The molecule has 132 valence electrons. The third-order valence-corrected chi connectivity index (χ3v) is 2.76. The van der Waals surface area contributed by atoms with Crippen LogP contribution in [0.25, 0.3) is 0 Å². The highest BCUT2D eigenvalue weighted by molar-refractivity contribution is 5.93. The molecule has 24 heavy (non-hydrogen) atoms. The van der Waals surface area contributed by atoms with Gasteiger partial charge in [-0.25, -0.2) is 4.79 Å². The van der Waals surface area contributed by atoms with Crippen molar-refractivity contribution in [2.75, 3.05) is 13.1 Å². The van der Waals surface area contributed by atoms with Gasteiger partial charge in [0.15, 0.2) is 0 Å². The standard InChI is InChI=1S/C16H24N4O4/c1-11(20-15(23)24-16(2,3)4)13(21)18-8-9-19-14(22)12-6-5-7-17-10-12/h5-7,10-11H,8-9H2,1-4H3,(H,18,21)(H,19,22)(H,20,23). The van der Waals surface area contributed by atoms with Crippen molar-refractivity contribution >= 4 is 17.9 Å². The first-order chi connectivity index (χ1) is 11.2. The summed E-state index contributed by atoms with van der Waals surface area (Å²) < 4.78 is 5.07. The van der Waals surface area contributed by atoms with Crippen molar-refractivity contribution in [1.82, 2.24) is 20.9 Å². The Labute approximate surface area is 141 Å². The Hall–Kier alpha value is -2.64. The van der Waals surface area contributed by atoms with Gasteiger partial charge in [0.1, 0.15) is 11.6 Å². The van der Waals surface area contributed by atoms with Gasteiger partial charge in [-0.2, -0.15) is 0 Å². The second kappa shape index (κ2) is 8.85. The summed E-state index contributed by atoms with van der Waals surface area (Å²) in [5, 5.41) is 7.72. The lowest BCUT2D eigenvalue weighted by Crippen LogP contribution is -2.47. The monoisotopic (exact) mass is 336 g/mol. The molecule has 0 aliphatic rings. The lowest BCUT2D eigenvalue weighted by atomic mass is 10.2. The summed E-state index contributed by atoms with van der Waals surface area (Å²) in [4.78, 5) is 39.0. The van der Waals surface area contributed by atoms with Crippen LogP contribution in [0.2, 0.25) is 0 Å². The minimum absolute atomic E-state index is 0.241. The van der Waals surface area contributed by atoms with E-state index in [1.165, 1.54) is 6.20 Å². The van der Waals surface area contributed by atoms with E-state index in [0.29, 0.717) is 5.56 Å². The van der Waals surface area contributed by atoms with E-state index >= 15 is 0 Å². The number of pyridine rings is 1. The van der Waals surface area contributed by atoms with E-state index in [1.807, 2.05) is 0 Å². The topological polar surface area (TPSA) is 109 Å². The minimum atomic E-state index is -0.742. The van der Waals surface area contributed by atoms with E-state index in [0.717, 1.165) is 0 Å². The molecule has 0 fully saturated rings. The number of nitrogens with one attached hydrogen (secondary N) is 3. The van der Waals surface area contributed by atoms with Crippen molar-refractivity contribution in [3.05, 3.63) is 30.1 Å². The molecule has 0 aliphatic carbocycles. The summed E-state index contributed by atoms with van der Waals surface area (Å²) in [7, 11) is 0. The number of hydrogen-bond acceptors (Lipinski definition) is 5. The van der Waals surface area contributed by atoms with Crippen molar-refractivity contribution in [3.8, 4) is 0 Å². The Balaban J connectivity index is 2.26. The Kier molecular flexibility index (Phi) is 7.16. The fourth-order valence-electron chi connectivity index (χ4n) is 1.66. The number of carbonyl (C=O) groups is 3. The molecule has 1 aromatic rings. The number of carbonyl (C=O) groups excluding carboxylic acids is 3. The molecular weight excluding hydrogens is 312 g/mol. The van der Waals surface area contributed by atoms with Gasteiger partial charge in [-0.3, -0.25) is 14.6 Å². The minimum Gasteiger partial charge on any atom is -0.444 e. The molecule has 3 N–H and O–H groups in total. The Morgan fingerprint density at radius 1 is 1.21 bits per heavy atom. The number of rotatable bonds is 6. The van der Waals surface area contributed by atoms with Crippen LogP contribution in [0, 0.1) is 0 Å². The molecule has 0 aliphatic heterocycles. The van der Waals surface area contributed by atoms with Gasteiger partial charge in [-0.15, -0.1) is 0 Å². The second-order valence-electron chi connectivity index (χ2n) is 6.16. The smallest absolute Gasteiger partial charge is 0.408 e. The van der Waals surface area contributed by atoms with Crippen LogP contribution in [0.5, 0.6) is 0 Å². The molecule has 1 rings (SSSR count). The first-order valence-electron chi connectivity index (χ1n) is 7.64. The maximum Gasteiger partial charge on any atom is 0.408 e. The molecule has 0 spiro atoms. The maximum atomic E-state index is 11.9. The van der Waals surface area contributed by atoms with Gasteiger partial charge in [0.05, 0.1) is 5.56 Å². The fraction of sp³-hybridized carbons (Fsp3) is 0.500. The number of alkyl carbamates (subject to hydrolysis) is 1. The van der Waals surface area contributed by atoms with Crippen LogP contribution >= 0.6 is 0 Å². The van der Waals surface area contributed by atoms with E-state index in [4.69, 9.17) is 4.74 Å². The molecule has 3 amide bonds. The third-order valence-electron chi connectivity index (χ3n) is 2.76. The predicted molar refractivity (Wildman–Crippen MR) is 88.4 cm³/mol. The summed E-state index contributed by atoms with van der Waals surface area (Å²) in [5.74, 6) is -0.631. The number of hydrogen-bond donors (Lipinski definition) is 3. The van der Waals surface area contributed by atoms with E-state index in [9.17, 15) is 14.4 Å². The van der Waals surface area contributed by atoms with Crippen molar-refractivity contribution in [2.45, 2.75) is 39.3 Å². The SMILES string of the molecule is CC(NC(=O)OC(C)(C)C)C(=O)NCCNC(=O)c1cccnc1. The van der Waals surface area contributed by atoms with Gasteiger partial charge < -0.3 is 20.7 Å². The molecule has 1 heterocycles. The van der Waals surface area contributed by atoms with Gasteiger partial charge in [-0.1, -0.05) is 0 Å². The quantitative estimate of drug-likeness (QED) is 0.667. The van der Waals surface area contributed by atoms with E-state index in [2.05, 4.69) is 20.9 Å². The predicted octanol–water partition coefficient (Wildman–Crippen LogP) is 0.841. The Bertz CT molecular complexity index is 569. The first-order valence-corrected chi connectivity index (χ1v) is 7.64. The van der Waals surface area contributed by atoms with Crippen LogP contribution in [0.4, 0.5) is 4.79 Å². The highest BCUT2D eigenvalue weighted by Crippen LogP contribution is 2.06. The summed E-state index contributed by atoms with van der Waals surface area (Å²) in [6, 6.07) is 2.57. The number of amides is 3. The zero-order chi connectivity index (χ0) is 18.2. The van der Waals surface area contributed by atoms with Crippen molar-refractivity contribution in [1.29, 1.82) is 0 Å². The van der Waals surface area contributed by atoms with Crippen LogP contribution in [0.3, 0.4) is 0 Å². The Morgan fingerprint density at radius 2 is 1.88 bits per heavy atom. The van der Waals surface area contributed by atoms with E-state index in [1.54, 1.807) is 46.0 Å². The van der Waals surface area contributed by atoms with Gasteiger partial charge in [-0.05, 0) is 39.8 Å². The van der Waals surface area contributed by atoms with Gasteiger partial charge in [0.2, 0.25) is 5.91 Å². The van der Waals surface area contributed by atoms with Crippen molar-refractivity contribution in [2.24, 2.45) is 0 Å². The van der Waals surface area contributed by atoms with Gasteiger partial charge >= 0.3 is 6.09 Å². The molecule has 1 aromatic heterocycles. The second-order valence-corrected chi connectivity index (χ2v) is 6.16. The number of ether oxygens (including phenoxy) is 1. The highest BCUT2D eigenvalue weighted by atomic mass is 16.6. The molecule has 0 saturated heterocycles. The van der Waals surface area contributed by atoms with Crippen LogP contribution in [0.1, 0.15) is 38.1 Å². The molecule has 1 atom stereocenters. The summed E-state index contributed by atoms with van der Waals surface area (Å²) in [5.41, 5.74) is -0.180. The van der Waals surface area contributed by atoms with Gasteiger partial charge in [0, 0.05) is 25.5 Å². The van der Waals surface area contributed by atoms with Crippen LogP contribution in [0.15, 0.2) is 24.5 Å². The van der Waals surface area contributed by atoms with E-state index < -0.39 is 17.7 Å². The summed E-state index contributed by atoms with van der Waals surface area (Å²) in [6.45, 7) is 7.27. The first kappa shape index (κ1) is 19.4. The van der Waals surface area contributed by atoms with Crippen LogP contribution < -0.4 is 16.0 Å². The zero-order valence-corrected chi connectivity index (χ0v) is 14.4. The number of aromatic nitrogens is 1. The molecule has 0 aromatic carbocycles. The van der Waals surface area contributed by atoms with Gasteiger partial charge in [0.25, 0.3) is 5.91 Å². The lowest BCUT2D eigenvalue weighted by Gasteiger charge is -2.21. The molecule has 0 radical (unpaired) electrons. The molecular formula is C16H24N4O4. The molecule has 8 nitrogen and oxygen atoms in total. The molecule has 1 unspecified atom stereocenters. The molecule has 8 heteroatoms. The van der Waals surface area contributed by atoms with Crippen LogP contribution in [-0.2, 0) is 9.53 Å². The zero-order valence-electron chi connectivity index (χ0n) is 14.4. The maximum absolute atomic E-state index is 11.9. The lowest BCUT2D eigenvalue weighted by molar-refractivity contribution is -0.122. The largest absolute Gasteiger partial charge is 0.444 e. The molecule has 0 bridgehead atoms. The van der Waals surface area contributed by atoms with Crippen molar-refractivity contribution in [3.63, 3.8) is 0 Å². The average molecular weight is 336 g/mol. The summed E-state index contributed by atoms with van der Waals surface area (Å²) in [6.07, 6.45) is 2.38. The van der Waals surface area contributed by atoms with Crippen molar-refractivity contribution < 1.29 is 19.1 Å². The normalized spacial score (nSPS) is 12.0. The summed E-state index contributed by atoms with van der Waals surface area (Å²) >= 11 is 0. The Morgan fingerprint density at radius 3 is 2.46 bits per heavy atom. The highest BCUT2D eigenvalue weighted by Gasteiger charge is 2.20.